The second-order valence-electron chi connectivity index (χ2n) is 3.09. The molecule has 1 aromatic carbocycles. The summed E-state index contributed by atoms with van der Waals surface area (Å²) in [6.45, 7) is 0. The maximum absolute atomic E-state index is 10.8. The minimum Gasteiger partial charge on any atom is -0.475 e. The van der Waals surface area contributed by atoms with Crippen LogP contribution in [0.4, 0.5) is 5.69 Å². The maximum atomic E-state index is 10.8. The molecular weight excluding hydrogens is 194 g/mol. The molecule has 0 spiro atoms. The lowest BCUT2D eigenvalue weighted by molar-refractivity contribution is 0.0663. The zero-order chi connectivity index (χ0) is 10.8. The number of benzene rings is 1. The van der Waals surface area contributed by atoms with Crippen LogP contribution in [0.5, 0.6) is 0 Å². The summed E-state index contributed by atoms with van der Waals surface area (Å²) in [7, 11) is 0. The van der Waals surface area contributed by atoms with Crippen molar-refractivity contribution in [2.24, 2.45) is 0 Å². The lowest BCUT2D eigenvalue weighted by Crippen LogP contribution is -1.95. The number of hydrogen-bond acceptors (Lipinski definition) is 3. The topological polar surface area (TPSA) is 76.5 Å². The Bertz CT molecular complexity index is 485. The van der Waals surface area contributed by atoms with Gasteiger partial charge < -0.3 is 15.3 Å². The van der Waals surface area contributed by atoms with Crippen molar-refractivity contribution in [2.45, 2.75) is 0 Å². The molecule has 0 bridgehead atoms. The second-order valence-corrected chi connectivity index (χ2v) is 3.09. The lowest BCUT2D eigenvalue weighted by Gasteiger charge is -1.99. The molecule has 4 nitrogen and oxygen atoms in total. The zero-order valence-electron chi connectivity index (χ0n) is 7.81. The van der Waals surface area contributed by atoms with E-state index >= 15 is 0 Å². The van der Waals surface area contributed by atoms with Gasteiger partial charge in [-0.3, -0.25) is 0 Å². The van der Waals surface area contributed by atoms with E-state index in [1.807, 2.05) is 0 Å². The largest absolute Gasteiger partial charge is 0.475 e. The van der Waals surface area contributed by atoms with E-state index in [4.69, 9.17) is 15.3 Å². The summed E-state index contributed by atoms with van der Waals surface area (Å²) in [5.74, 6) is -1.13. The van der Waals surface area contributed by atoms with Crippen LogP contribution in [-0.2, 0) is 0 Å². The Morgan fingerprint density at radius 3 is 2.47 bits per heavy atom. The third-order valence-corrected chi connectivity index (χ3v) is 2.08. The Morgan fingerprint density at radius 2 is 1.87 bits per heavy atom. The molecular formula is C11H9NO3. The highest BCUT2D eigenvalue weighted by Crippen LogP contribution is 2.25. The Hall–Kier alpha value is -2.23. The molecule has 3 N–H and O–H groups in total. The number of aromatic carboxylic acids is 1. The van der Waals surface area contributed by atoms with Crippen molar-refractivity contribution in [3.05, 3.63) is 42.4 Å². The molecule has 76 valence electrons. The van der Waals surface area contributed by atoms with Crippen molar-refractivity contribution < 1.29 is 14.3 Å². The van der Waals surface area contributed by atoms with Crippen LogP contribution in [0.15, 0.2) is 41.0 Å². The number of hydrogen-bond donors (Lipinski definition) is 2. The minimum atomic E-state index is -1.08. The predicted molar refractivity (Wildman–Crippen MR) is 55.5 cm³/mol. The number of nitrogen functional groups attached to an aromatic ring is 1. The van der Waals surface area contributed by atoms with Crippen molar-refractivity contribution in [3.63, 3.8) is 0 Å². The molecule has 0 aliphatic heterocycles. The number of carboxylic acids is 1. The molecule has 4 heteroatoms. The number of furan rings is 1. The van der Waals surface area contributed by atoms with E-state index in [2.05, 4.69) is 0 Å². The Kier molecular flexibility index (Phi) is 2.17. The molecule has 0 fully saturated rings. The summed E-state index contributed by atoms with van der Waals surface area (Å²) in [4.78, 5) is 10.8. The second kappa shape index (κ2) is 3.49. The monoisotopic (exact) mass is 203 g/mol. The number of nitrogens with two attached hydrogens (primary N) is 1. The van der Waals surface area contributed by atoms with Gasteiger partial charge in [-0.25, -0.2) is 4.79 Å². The maximum Gasteiger partial charge on any atom is 0.372 e. The average molecular weight is 203 g/mol. The van der Waals surface area contributed by atoms with Crippen LogP contribution < -0.4 is 5.73 Å². The molecule has 15 heavy (non-hydrogen) atoms. The highest BCUT2D eigenvalue weighted by Gasteiger charge is 2.14. The van der Waals surface area contributed by atoms with Gasteiger partial charge in [0.1, 0.15) is 0 Å². The van der Waals surface area contributed by atoms with Crippen molar-refractivity contribution >= 4 is 11.7 Å². The Morgan fingerprint density at radius 1 is 1.20 bits per heavy atom. The average Bonchev–Trinajstić information content (AvgIpc) is 2.67. The van der Waals surface area contributed by atoms with E-state index < -0.39 is 5.97 Å². The fraction of sp³-hybridized carbons (Fsp3) is 0. The third kappa shape index (κ3) is 1.69. The molecule has 0 aliphatic carbocycles. The Balaban J connectivity index is 2.49. The first-order valence-electron chi connectivity index (χ1n) is 4.35. The molecule has 1 aromatic heterocycles. The van der Waals surface area contributed by atoms with Crippen molar-refractivity contribution in [2.75, 3.05) is 5.73 Å². The molecule has 0 saturated carbocycles. The molecule has 0 aliphatic rings. The summed E-state index contributed by atoms with van der Waals surface area (Å²) in [5.41, 5.74) is 7.51. The number of anilines is 1. The molecule has 0 saturated heterocycles. The van der Waals surface area contributed by atoms with Gasteiger partial charge in [0.15, 0.2) is 0 Å². The van der Waals surface area contributed by atoms with Crippen LogP contribution in [0.2, 0.25) is 0 Å². The first-order valence-corrected chi connectivity index (χ1v) is 4.35. The molecule has 2 rings (SSSR count). The lowest BCUT2D eigenvalue weighted by atomic mass is 10.1. The summed E-state index contributed by atoms with van der Waals surface area (Å²) in [5, 5.41) is 8.85. The van der Waals surface area contributed by atoms with Gasteiger partial charge in [-0.15, -0.1) is 0 Å². The van der Waals surface area contributed by atoms with Gasteiger partial charge in [-0.2, -0.15) is 0 Å². The van der Waals surface area contributed by atoms with E-state index in [9.17, 15) is 4.79 Å². The first-order chi connectivity index (χ1) is 7.18. The summed E-state index contributed by atoms with van der Waals surface area (Å²) >= 11 is 0. The standard InChI is InChI=1S/C11H9NO3/c12-8-3-1-7(2-4-8)9-5-6-15-10(9)11(13)14/h1-6H,12H2,(H,13,14). The normalized spacial score (nSPS) is 10.1. The van der Waals surface area contributed by atoms with Crippen LogP contribution in [0.25, 0.3) is 11.1 Å². The number of rotatable bonds is 2. The van der Waals surface area contributed by atoms with Gasteiger partial charge in [0.25, 0.3) is 0 Å². The highest BCUT2D eigenvalue weighted by atomic mass is 16.4. The fourth-order valence-electron chi connectivity index (χ4n) is 1.36. The minimum absolute atomic E-state index is 0.0558. The van der Waals surface area contributed by atoms with E-state index in [1.165, 1.54) is 6.26 Å². The van der Waals surface area contributed by atoms with Gasteiger partial charge in [-0.05, 0) is 23.8 Å². The number of carboxylic acid groups (broad SMARTS) is 1. The SMILES string of the molecule is Nc1ccc(-c2ccoc2C(=O)O)cc1. The molecule has 2 aromatic rings. The predicted octanol–water partition coefficient (Wildman–Crippen LogP) is 2.23. The highest BCUT2D eigenvalue weighted by molar-refractivity contribution is 5.93. The van der Waals surface area contributed by atoms with E-state index in [1.54, 1.807) is 30.3 Å². The molecule has 0 radical (unpaired) electrons. The van der Waals surface area contributed by atoms with Crippen molar-refractivity contribution in [1.82, 2.24) is 0 Å². The Labute approximate surface area is 85.9 Å². The summed E-state index contributed by atoms with van der Waals surface area (Å²) in [6.07, 6.45) is 1.36. The summed E-state index contributed by atoms with van der Waals surface area (Å²) in [6, 6.07) is 8.57. The number of carbonyl (C=O) groups is 1. The van der Waals surface area contributed by atoms with E-state index in [-0.39, 0.29) is 5.76 Å². The fourth-order valence-corrected chi connectivity index (χ4v) is 1.36. The molecule has 1 heterocycles. The van der Waals surface area contributed by atoms with Gasteiger partial charge in [-0.1, -0.05) is 12.1 Å². The van der Waals surface area contributed by atoms with Crippen LogP contribution in [0.3, 0.4) is 0 Å². The molecule has 0 unspecified atom stereocenters. The van der Waals surface area contributed by atoms with Crippen LogP contribution in [0.1, 0.15) is 10.6 Å². The van der Waals surface area contributed by atoms with Crippen molar-refractivity contribution in [3.8, 4) is 11.1 Å². The smallest absolute Gasteiger partial charge is 0.372 e. The third-order valence-electron chi connectivity index (χ3n) is 2.08. The van der Waals surface area contributed by atoms with Crippen molar-refractivity contribution in [1.29, 1.82) is 0 Å². The van der Waals surface area contributed by atoms with Gasteiger partial charge in [0, 0.05) is 11.3 Å². The van der Waals surface area contributed by atoms with E-state index in [0.29, 0.717) is 11.3 Å². The van der Waals surface area contributed by atoms with Crippen LogP contribution in [0, 0.1) is 0 Å². The zero-order valence-corrected chi connectivity index (χ0v) is 7.81. The van der Waals surface area contributed by atoms with Gasteiger partial charge >= 0.3 is 5.97 Å². The van der Waals surface area contributed by atoms with Gasteiger partial charge in [0.05, 0.1) is 6.26 Å². The van der Waals surface area contributed by atoms with E-state index in [0.717, 1.165) is 5.56 Å². The quantitative estimate of drug-likeness (QED) is 0.733. The van der Waals surface area contributed by atoms with Gasteiger partial charge in [0.2, 0.25) is 5.76 Å². The molecule has 0 amide bonds. The first kappa shape index (κ1) is 9.33. The molecule has 0 atom stereocenters. The van der Waals surface area contributed by atoms with Crippen LogP contribution in [-0.4, -0.2) is 11.1 Å². The summed E-state index contributed by atoms with van der Waals surface area (Å²) < 4.78 is 4.88. The van der Waals surface area contributed by atoms with Crippen LogP contribution >= 0.6 is 0 Å².